The summed E-state index contributed by atoms with van der Waals surface area (Å²) in [4.78, 5) is 23.6. The molecule has 0 unspecified atom stereocenters. The molecule has 0 aromatic rings. The van der Waals surface area contributed by atoms with Gasteiger partial charge in [0.25, 0.3) is 0 Å². The number of nitrogens with zero attached hydrogens (tertiary/aromatic N) is 2. The third-order valence-electron chi connectivity index (χ3n) is 1.76. The van der Waals surface area contributed by atoms with Crippen LogP contribution in [0, 0.1) is 13.5 Å². The first-order chi connectivity index (χ1) is 7.69. The lowest BCUT2D eigenvalue weighted by molar-refractivity contribution is -0.125. The maximum Gasteiger partial charge on any atom is 0.222 e. The number of carbonyl (C=O) groups excluding carboxylic acids is 2. The molecule has 2 aliphatic rings. The average Bonchev–Trinajstić information content (AvgIpc) is 2.87. The van der Waals surface area contributed by atoms with Crippen molar-refractivity contribution < 1.29 is 19.1 Å². The van der Waals surface area contributed by atoms with Gasteiger partial charge in [0.05, 0.1) is 13.2 Å². The van der Waals surface area contributed by atoms with Crippen LogP contribution in [0.5, 0.6) is 0 Å². The topological polar surface area (TPSA) is 59.1 Å². The lowest BCUT2D eigenvalue weighted by Crippen LogP contribution is -2.15. The van der Waals surface area contributed by atoms with Crippen LogP contribution < -0.4 is 0 Å². The Morgan fingerprint density at radius 3 is 1.50 bits per heavy atom. The Labute approximate surface area is 93.7 Å². The van der Waals surface area contributed by atoms with E-state index in [0.29, 0.717) is 0 Å². The van der Waals surface area contributed by atoms with Crippen LogP contribution in [0.4, 0.5) is 0 Å². The van der Waals surface area contributed by atoms with E-state index in [9.17, 15) is 9.59 Å². The molecule has 88 valence electrons. The van der Waals surface area contributed by atoms with Crippen molar-refractivity contribution in [3.63, 3.8) is 0 Å². The van der Waals surface area contributed by atoms with Crippen LogP contribution in [0.15, 0.2) is 25.6 Å². The van der Waals surface area contributed by atoms with Gasteiger partial charge in [0.2, 0.25) is 11.8 Å². The van der Waals surface area contributed by atoms with Crippen molar-refractivity contribution in [2.75, 3.05) is 13.2 Å². The minimum absolute atomic E-state index is 0.0694. The minimum Gasteiger partial charge on any atom is -0.524 e. The van der Waals surface area contributed by atoms with Crippen molar-refractivity contribution in [1.82, 2.24) is 9.80 Å². The van der Waals surface area contributed by atoms with Gasteiger partial charge in [-0.1, -0.05) is 13.2 Å². The highest BCUT2D eigenvalue weighted by Crippen LogP contribution is 2.04. The van der Waals surface area contributed by atoms with Gasteiger partial charge in [-0.15, -0.1) is 13.5 Å². The van der Waals surface area contributed by atoms with E-state index >= 15 is 0 Å². The number of ether oxygens (including phenoxy) is 2. The maximum atomic E-state index is 10.5. The predicted octanol–water partition coefficient (Wildman–Crippen LogP) is 0.216. The van der Waals surface area contributed by atoms with Crippen molar-refractivity contribution in [2.45, 2.75) is 0 Å². The van der Waals surface area contributed by atoms with E-state index < -0.39 is 0 Å². The number of hydrogen-bond donors (Lipinski definition) is 0. The molecule has 2 amide bonds. The van der Waals surface area contributed by atoms with Gasteiger partial charge < -0.3 is 19.3 Å². The van der Waals surface area contributed by atoms with Crippen LogP contribution in [0.25, 0.3) is 0 Å². The van der Waals surface area contributed by atoms with Crippen molar-refractivity contribution in [3.8, 4) is 0 Å². The summed E-state index contributed by atoms with van der Waals surface area (Å²) in [7, 11) is 0. The standard InChI is InChI=1S/2C5H6NO2/c2*1-2-6-4-8-3-5(6)7/h2*2,4H,1,3H2/q2*-1. The van der Waals surface area contributed by atoms with Gasteiger partial charge in [-0.25, -0.2) is 0 Å². The van der Waals surface area contributed by atoms with Gasteiger partial charge in [-0.05, 0) is 12.4 Å². The van der Waals surface area contributed by atoms with Crippen LogP contribution >= 0.6 is 0 Å². The highest BCUT2D eigenvalue weighted by molar-refractivity contribution is 5.80. The number of hydrogen-bond acceptors (Lipinski definition) is 4. The molecule has 0 N–H and O–H groups in total. The first-order valence-electron chi connectivity index (χ1n) is 4.46. The second kappa shape index (κ2) is 6.04. The van der Waals surface area contributed by atoms with E-state index in [-0.39, 0.29) is 25.0 Å². The molecular weight excluding hydrogens is 212 g/mol. The summed E-state index contributed by atoms with van der Waals surface area (Å²) in [5.74, 6) is -0.139. The van der Waals surface area contributed by atoms with Crippen molar-refractivity contribution in [1.29, 1.82) is 0 Å². The Bertz CT molecular complexity index is 273. The highest BCUT2D eigenvalue weighted by Gasteiger charge is 2.07. The molecule has 6 nitrogen and oxygen atoms in total. The summed E-state index contributed by atoms with van der Waals surface area (Å²) >= 11 is 0. The van der Waals surface area contributed by atoms with E-state index in [1.165, 1.54) is 35.7 Å². The zero-order valence-corrected chi connectivity index (χ0v) is 8.67. The van der Waals surface area contributed by atoms with Gasteiger partial charge in [0, 0.05) is 0 Å². The van der Waals surface area contributed by atoms with Crippen LogP contribution in [0.2, 0.25) is 0 Å². The fourth-order valence-electron chi connectivity index (χ4n) is 0.934. The third-order valence-corrected chi connectivity index (χ3v) is 1.76. The van der Waals surface area contributed by atoms with E-state index in [1.54, 1.807) is 0 Å². The quantitative estimate of drug-likeness (QED) is 0.629. The first-order valence-corrected chi connectivity index (χ1v) is 4.46. The molecule has 0 saturated carbocycles. The van der Waals surface area contributed by atoms with E-state index in [4.69, 9.17) is 0 Å². The van der Waals surface area contributed by atoms with Crippen molar-refractivity contribution in [2.24, 2.45) is 0 Å². The summed E-state index contributed by atoms with van der Waals surface area (Å²) in [6.07, 6.45) is 2.82. The zero-order valence-electron chi connectivity index (χ0n) is 8.67. The Balaban J connectivity index is 0.000000160. The molecule has 0 spiro atoms. The first kappa shape index (κ1) is 12.4. The minimum atomic E-state index is -0.0694. The van der Waals surface area contributed by atoms with Crippen LogP contribution in [0.3, 0.4) is 0 Å². The summed E-state index contributed by atoms with van der Waals surface area (Å²) in [5.41, 5.74) is 0. The smallest absolute Gasteiger partial charge is 0.222 e. The molecule has 0 bridgehead atoms. The Morgan fingerprint density at radius 1 is 1.00 bits per heavy atom. The molecule has 0 aromatic heterocycles. The predicted molar refractivity (Wildman–Crippen MR) is 54.6 cm³/mol. The molecule has 16 heavy (non-hydrogen) atoms. The second-order valence-corrected chi connectivity index (χ2v) is 2.80. The average molecular weight is 224 g/mol. The SMILES string of the molecule is C=CN1[CH-]OCC1=O.C=CN1[CH-]OCC1=O. The third kappa shape index (κ3) is 3.18. The Morgan fingerprint density at radius 2 is 1.38 bits per heavy atom. The van der Waals surface area contributed by atoms with Gasteiger partial charge in [-0.2, -0.15) is 0 Å². The molecule has 2 saturated heterocycles. The summed E-state index contributed by atoms with van der Waals surface area (Å²) in [6.45, 7) is 9.75. The summed E-state index contributed by atoms with van der Waals surface area (Å²) in [5, 5.41) is 0. The number of rotatable bonds is 2. The molecule has 0 radical (unpaired) electrons. The molecule has 6 heteroatoms. The normalized spacial score (nSPS) is 19.5. The lowest BCUT2D eigenvalue weighted by Gasteiger charge is -2.15. The lowest BCUT2D eigenvalue weighted by atomic mass is 10.6. The van der Waals surface area contributed by atoms with E-state index in [2.05, 4.69) is 22.6 Å². The Kier molecular flexibility index (Phi) is 4.68. The molecule has 2 fully saturated rings. The monoisotopic (exact) mass is 224 g/mol. The van der Waals surface area contributed by atoms with E-state index in [0.717, 1.165) is 0 Å². The second-order valence-electron chi connectivity index (χ2n) is 2.80. The molecule has 2 heterocycles. The van der Waals surface area contributed by atoms with Gasteiger partial charge in [0.1, 0.15) is 0 Å². The van der Waals surface area contributed by atoms with Crippen LogP contribution in [-0.4, -0.2) is 34.8 Å². The highest BCUT2D eigenvalue weighted by atomic mass is 16.5. The number of amides is 2. The largest absolute Gasteiger partial charge is 0.524 e. The molecule has 2 aliphatic heterocycles. The van der Waals surface area contributed by atoms with Crippen LogP contribution in [0.1, 0.15) is 0 Å². The maximum absolute atomic E-state index is 10.5. The molecular formula is C10H12N2O4-2. The molecule has 2 rings (SSSR count). The fraction of sp³-hybridized carbons (Fsp3) is 0.200. The summed E-state index contributed by atoms with van der Waals surface area (Å²) < 4.78 is 9.28. The fourth-order valence-corrected chi connectivity index (χ4v) is 0.934. The summed E-state index contributed by atoms with van der Waals surface area (Å²) in [6, 6.07) is 0. The van der Waals surface area contributed by atoms with Crippen LogP contribution in [-0.2, 0) is 19.1 Å². The molecule has 0 aromatic carbocycles. The van der Waals surface area contributed by atoms with Gasteiger partial charge in [-0.3, -0.25) is 9.59 Å². The Hall–Kier alpha value is -1.66. The van der Waals surface area contributed by atoms with Gasteiger partial charge >= 0.3 is 0 Å². The van der Waals surface area contributed by atoms with Gasteiger partial charge in [0.15, 0.2) is 0 Å². The molecule has 0 aliphatic carbocycles. The van der Waals surface area contributed by atoms with E-state index in [1.807, 2.05) is 0 Å². The number of carbonyl (C=O) groups is 2. The zero-order chi connectivity index (χ0) is 12.0. The molecule has 0 atom stereocenters. The van der Waals surface area contributed by atoms with Crippen molar-refractivity contribution in [3.05, 3.63) is 39.0 Å². The van der Waals surface area contributed by atoms with Crippen molar-refractivity contribution >= 4 is 11.8 Å².